The van der Waals surface area contributed by atoms with Crippen LogP contribution in [0, 0.1) is 27.7 Å². The summed E-state index contributed by atoms with van der Waals surface area (Å²) in [6.45, 7) is 16.1. The number of fused-ring (bicyclic) bond motifs is 2. The van der Waals surface area contributed by atoms with Gasteiger partial charge in [-0.15, -0.1) is 24.8 Å². The fourth-order valence-corrected chi connectivity index (χ4v) is 31.0. The van der Waals surface area contributed by atoms with Gasteiger partial charge in [0.15, 0.2) is 0 Å². The molecule has 0 spiro atoms. The van der Waals surface area contributed by atoms with E-state index >= 15 is 0 Å². The Morgan fingerprint density at radius 1 is 0.391 bits per heavy atom. The van der Waals surface area contributed by atoms with Gasteiger partial charge in [-0.2, -0.15) is 0 Å². The van der Waals surface area contributed by atoms with Crippen molar-refractivity contribution in [2.24, 2.45) is 0 Å². The van der Waals surface area contributed by atoms with Crippen molar-refractivity contribution >= 4 is 43.8 Å². The predicted molar refractivity (Wildman–Crippen MR) is 287 cm³/mol. The van der Waals surface area contributed by atoms with Crippen molar-refractivity contribution < 1.29 is 17.4 Å². The van der Waals surface area contributed by atoms with E-state index in [0.717, 1.165) is 0 Å². The van der Waals surface area contributed by atoms with Crippen LogP contribution in [-0.2, 0) is 17.4 Å². The Morgan fingerprint density at radius 2 is 0.672 bits per heavy atom. The zero-order valence-corrected chi connectivity index (χ0v) is 45.5. The summed E-state index contributed by atoms with van der Waals surface area (Å²) in [6, 6.07) is 47.4. The molecule has 4 heteroatoms. The van der Waals surface area contributed by atoms with Crippen LogP contribution in [0.5, 0.6) is 0 Å². The van der Waals surface area contributed by atoms with E-state index in [1.807, 2.05) is 0 Å². The maximum atomic E-state index is 2.90. The molecule has 0 N–H and O–H groups in total. The second kappa shape index (κ2) is 21.0. The predicted octanol–water partition coefficient (Wildman–Crippen LogP) is 18.3. The molecule has 6 aromatic carbocycles. The van der Waals surface area contributed by atoms with Crippen molar-refractivity contribution in [3.8, 4) is 44.5 Å². The van der Waals surface area contributed by atoms with Crippen LogP contribution in [0.3, 0.4) is 0 Å². The molecule has 2 unspecified atom stereocenters. The summed E-state index contributed by atoms with van der Waals surface area (Å²) in [5.74, 6) is 0. The van der Waals surface area contributed by atoms with Gasteiger partial charge in [0, 0.05) is 0 Å². The standard InChI is InChI=1S/2C29H31.2CH3.2ClH.H2Si.Zr/c2*1-4-5-6-7-8-23-19-28-26(24-13-9-21(2)10-14-24)17-18-27(29(28)20-23)25-15-11-22(3)12-16-25;;;;;;/h2*9-20H,4-8H2,1-3H3;2*1H3;2*1H;1H2;. The Balaban J connectivity index is 0.00000340. The van der Waals surface area contributed by atoms with Gasteiger partial charge in [0.25, 0.3) is 0 Å². The Morgan fingerprint density at radius 3 is 0.969 bits per heavy atom. The van der Waals surface area contributed by atoms with Crippen LogP contribution in [0.25, 0.3) is 56.7 Å². The van der Waals surface area contributed by atoms with Gasteiger partial charge in [0.05, 0.1) is 0 Å². The Bertz CT molecular complexity index is 2510. The summed E-state index contributed by atoms with van der Waals surface area (Å²) in [7, 11) is 0. The summed E-state index contributed by atoms with van der Waals surface area (Å²) < 4.78 is 6.62. The van der Waals surface area contributed by atoms with E-state index < -0.39 is 17.4 Å². The van der Waals surface area contributed by atoms with E-state index in [0.29, 0.717) is 7.25 Å². The first-order valence-corrected chi connectivity index (χ1v) is 37.6. The normalized spacial score (nSPS) is 15.5. The van der Waals surface area contributed by atoms with Crippen LogP contribution < -0.4 is 0 Å². The van der Waals surface area contributed by atoms with Gasteiger partial charge in [0.1, 0.15) is 0 Å². The molecular formula is C60H72Cl2SiZr. The molecule has 0 saturated heterocycles. The zero-order valence-electron chi connectivity index (χ0n) is 40.0. The smallest absolute Gasteiger partial charge is 0.147 e. The SMILES string of the molecule is CCCCCCC1=Cc2c(-c3ccc(C)cc3)ccc(-c3ccc(C)cc3)c2[CH]1[Zr]([CH3])([CH3])(=[SiH2])[CH]1C(CCCCCC)=Cc2c(-c3ccc(C)cc3)ccc(-c3ccc(C)cc3)c21.Cl.Cl. The van der Waals surface area contributed by atoms with E-state index in [1.54, 1.807) is 22.3 Å². The van der Waals surface area contributed by atoms with E-state index in [2.05, 4.69) is 191 Å². The monoisotopic (exact) mass is 980 g/mol. The maximum absolute atomic E-state index is 4.20. The molecule has 0 fully saturated rings. The molecule has 8 rings (SSSR count). The largest absolute Gasteiger partial charge is 0.147 e. The molecule has 0 aliphatic heterocycles. The van der Waals surface area contributed by atoms with Crippen LogP contribution in [0.2, 0.25) is 9.26 Å². The number of allylic oxidation sites excluding steroid dienone is 2. The van der Waals surface area contributed by atoms with Gasteiger partial charge < -0.3 is 0 Å². The molecule has 0 nitrogen and oxygen atoms in total. The third-order valence-corrected chi connectivity index (χ3v) is 31.9. The van der Waals surface area contributed by atoms with Gasteiger partial charge in [-0.3, -0.25) is 0 Å². The third-order valence-electron chi connectivity index (χ3n) is 14.5. The first-order valence-electron chi connectivity index (χ1n) is 24.0. The molecule has 64 heavy (non-hydrogen) atoms. The molecule has 2 aliphatic carbocycles. The van der Waals surface area contributed by atoms with Gasteiger partial charge in [-0.05, 0) is 0 Å². The molecule has 2 atom stereocenters. The molecule has 2 aliphatic rings. The minimum atomic E-state index is -4.20. The van der Waals surface area contributed by atoms with Crippen molar-refractivity contribution in [1.29, 1.82) is 0 Å². The van der Waals surface area contributed by atoms with E-state index in [-0.39, 0.29) is 24.8 Å². The Hall–Kier alpha value is -3.52. The second-order valence-electron chi connectivity index (χ2n) is 20.3. The molecule has 0 amide bonds. The Kier molecular flexibility index (Phi) is 16.4. The maximum Gasteiger partial charge on any atom is -0.147 e. The Labute approximate surface area is 401 Å². The number of halogens is 2. The number of rotatable bonds is 16. The molecule has 334 valence electrons. The zero-order chi connectivity index (χ0) is 43.6. The first kappa shape index (κ1) is 49.9. The van der Waals surface area contributed by atoms with Crippen molar-refractivity contribution in [3.05, 3.63) is 177 Å². The molecule has 0 heterocycles. The minimum absolute atomic E-state index is 0. The average molecular weight is 983 g/mol. The fraction of sp³-hybridized carbons (Fsp3) is 0.333. The van der Waals surface area contributed by atoms with Crippen LogP contribution in [0.15, 0.2) is 132 Å². The molecule has 6 aromatic rings. The summed E-state index contributed by atoms with van der Waals surface area (Å²) in [5, 5.41) is 0. The van der Waals surface area contributed by atoms with E-state index in [1.165, 1.54) is 142 Å². The fourth-order valence-electron chi connectivity index (χ4n) is 11.3. The van der Waals surface area contributed by atoms with Gasteiger partial charge >= 0.3 is 380 Å². The average Bonchev–Trinajstić information content (AvgIpc) is 3.86. The molecule has 0 bridgehead atoms. The summed E-state index contributed by atoms with van der Waals surface area (Å²) in [5.41, 5.74) is 25.9. The quantitative estimate of drug-likeness (QED) is 0.0670. The van der Waals surface area contributed by atoms with Crippen molar-refractivity contribution in [3.63, 3.8) is 0 Å². The van der Waals surface area contributed by atoms with Gasteiger partial charge in [-0.25, -0.2) is 0 Å². The van der Waals surface area contributed by atoms with Crippen LogP contribution in [-0.4, -0.2) is 6.88 Å². The van der Waals surface area contributed by atoms with E-state index in [9.17, 15) is 0 Å². The first-order chi connectivity index (χ1) is 29.9. The summed E-state index contributed by atoms with van der Waals surface area (Å²) in [6.07, 6.45) is 18.0. The number of benzene rings is 6. The number of aryl methyl sites for hydroxylation is 4. The van der Waals surface area contributed by atoms with Crippen molar-refractivity contribution in [1.82, 2.24) is 0 Å². The topological polar surface area (TPSA) is 0 Å². The van der Waals surface area contributed by atoms with Crippen LogP contribution in [0.4, 0.5) is 0 Å². The van der Waals surface area contributed by atoms with E-state index in [4.69, 9.17) is 0 Å². The number of unbranched alkanes of at least 4 members (excludes halogenated alkanes) is 6. The van der Waals surface area contributed by atoms with Crippen LogP contribution in [0.1, 0.15) is 130 Å². The minimum Gasteiger partial charge on any atom is -0.147 e. The van der Waals surface area contributed by atoms with Crippen LogP contribution >= 0.6 is 24.8 Å². The summed E-state index contributed by atoms with van der Waals surface area (Å²) in [4.78, 5) is 0. The third kappa shape index (κ3) is 10.1. The summed E-state index contributed by atoms with van der Waals surface area (Å²) >= 11 is -4.20. The molecule has 0 saturated carbocycles. The number of hydrogen-bond acceptors (Lipinski definition) is 0. The second-order valence-corrected chi connectivity index (χ2v) is 50.8. The van der Waals surface area contributed by atoms with Crippen molar-refractivity contribution in [2.45, 2.75) is 122 Å². The van der Waals surface area contributed by atoms with Gasteiger partial charge in [0.2, 0.25) is 0 Å². The van der Waals surface area contributed by atoms with Crippen molar-refractivity contribution in [2.75, 3.05) is 0 Å². The number of hydrogen-bond donors (Lipinski definition) is 0. The molecule has 0 radical (unpaired) electrons. The molecular weight excluding hydrogens is 911 g/mol. The molecule has 0 aromatic heterocycles. The van der Waals surface area contributed by atoms with Gasteiger partial charge in [-0.1, -0.05) is 0 Å².